The number of H-pyrrole nitrogens is 2. The lowest BCUT2D eigenvalue weighted by Gasteiger charge is -2.33. The summed E-state index contributed by atoms with van der Waals surface area (Å²) in [5.41, 5.74) is 5.68. The Kier molecular flexibility index (Phi) is 12.7. The van der Waals surface area contributed by atoms with Crippen LogP contribution in [0.15, 0.2) is 60.7 Å². The van der Waals surface area contributed by atoms with Gasteiger partial charge in [0.05, 0.1) is 85.9 Å². The number of hydrogen-bond acceptors (Lipinski definition) is 13. The van der Waals surface area contributed by atoms with Crippen molar-refractivity contribution in [3.8, 4) is 0 Å². The number of aliphatic hydroxyl groups excluding tert-OH is 2. The Balaban J connectivity index is 0.919. The smallest absolute Gasteiger partial charge is 0.407 e. The van der Waals surface area contributed by atoms with E-state index in [-0.39, 0.29) is 67.5 Å². The van der Waals surface area contributed by atoms with E-state index in [4.69, 9.17) is 28.9 Å². The first-order valence-electron chi connectivity index (χ1n) is 23.3. The molecule has 3 aromatic carbocycles. The number of β-amino-alcohol motifs (C(OH)–C–C–N with tert-alkyl or cyclic N) is 2. The number of likely N-dealkylation sites (tertiary alicyclic amines) is 2. The molecule has 10 rings (SSSR count). The zero-order valence-corrected chi connectivity index (χ0v) is 37.8. The number of nitrogens with zero attached hydrogens (tertiary/aromatic N) is 5. The van der Waals surface area contributed by atoms with Gasteiger partial charge in [0.15, 0.2) is 0 Å². The highest BCUT2D eigenvalue weighted by Crippen LogP contribution is 2.48. The largest absolute Gasteiger partial charge is 0.453 e. The van der Waals surface area contributed by atoms with Gasteiger partial charge < -0.3 is 64.5 Å². The van der Waals surface area contributed by atoms with Crippen molar-refractivity contribution in [2.45, 2.75) is 87.0 Å². The quantitative estimate of drug-likeness (QED) is 0.108. The van der Waals surface area contributed by atoms with Crippen LogP contribution in [0.5, 0.6) is 0 Å². The van der Waals surface area contributed by atoms with Crippen LogP contribution < -0.4 is 15.5 Å². The van der Waals surface area contributed by atoms with Gasteiger partial charge in [-0.3, -0.25) is 9.59 Å². The molecule has 0 bridgehead atoms. The first kappa shape index (κ1) is 45.4. The Hall–Kier alpha value is -6.35. The predicted octanol–water partition coefficient (Wildman–Crippen LogP) is 4.45. The molecular formula is C48H56FN9O10. The van der Waals surface area contributed by atoms with Gasteiger partial charge in [-0.1, -0.05) is 12.1 Å². The molecular weight excluding hydrogens is 882 g/mol. The second kappa shape index (κ2) is 19.0. The number of anilines is 1. The van der Waals surface area contributed by atoms with E-state index in [0.717, 1.165) is 40.7 Å². The third-order valence-electron chi connectivity index (χ3n) is 14.4. The summed E-state index contributed by atoms with van der Waals surface area (Å²) in [5.74, 6) is -0.482. The molecule has 0 spiro atoms. The molecule has 4 amide bonds. The zero-order chi connectivity index (χ0) is 47.2. The lowest BCUT2D eigenvalue weighted by atomic mass is 9.97. The highest BCUT2D eigenvalue weighted by Gasteiger charge is 2.45. The van der Waals surface area contributed by atoms with Gasteiger partial charge >= 0.3 is 12.2 Å². The molecule has 68 heavy (non-hydrogen) atoms. The summed E-state index contributed by atoms with van der Waals surface area (Å²) < 4.78 is 35.2. The van der Waals surface area contributed by atoms with E-state index in [9.17, 15) is 33.8 Å². The van der Waals surface area contributed by atoms with Crippen molar-refractivity contribution in [1.82, 2.24) is 40.4 Å². The number of rotatable bonds is 11. The fourth-order valence-electron chi connectivity index (χ4n) is 11.0. The molecule has 20 heteroatoms. The van der Waals surface area contributed by atoms with E-state index in [0.29, 0.717) is 62.0 Å². The van der Waals surface area contributed by atoms with E-state index < -0.39 is 48.6 Å². The summed E-state index contributed by atoms with van der Waals surface area (Å²) in [6.45, 7) is 1.74. The normalized spacial score (nSPS) is 27.0. The minimum atomic E-state index is -0.895. The van der Waals surface area contributed by atoms with Gasteiger partial charge in [-0.25, -0.2) is 23.9 Å². The third kappa shape index (κ3) is 8.81. The van der Waals surface area contributed by atoms with Crippen LogP contribution >= 0.6 is 0 Å². The Morgan fingerprint density at radius 2 is 1.13 bits per heavy atom. The minimum Gasteiger partial charge on any atom is -0.453 e. The second-order valence-electron chi connectivity index (χ2n) is 18.6. The number of imidazole rings is 2. The number of ether oxygens (including phenoxy) is 4. The number of benzene rings is 3. The molecule has 6 N–H and O–H groups in total. The van der Waals surface area contributed by atoms with Gasteiger partial charge in [0.25, 0.3) is 0 Å². The van der Waals surface area contributed by atoms with Crippen molar-refractivity contribution in [2.24, 2.45) is 11.8 Å². The lowest BCUT2D eigenvalue weighted by Crippen LogP contribution is -2.52. The van der Waals surface area contributed by atoms with Gasteiger partial charge in [0.2, 0.25) is 11.8 Å². The number of carbonyl (C=O) groups excluding carboxylic acids is 4. The van der Waals surface area contributed by atoms with E-state index in [1.165, 1.54) is 26.4 Å². The summed E-state index contributed by atoms with van der Waals surface area (Å²) in [6, 6.07) is 15.4. The Morgan fingerprint density at radius 3 is 1.54 bits per heavy atom. The van der Waals surface area contributed by atoms with Gasteiger partial charge in [-0.2, -0.15) is 0 Å². The standard InChI is InChI=1S/C48H56FN9O10/c1-65-47(63)54-41(27-13-15-67-23-27)45(61)56-21-31(59)19-39(56)43-50-33-9-3-25(17-35(33)52-43)37-11-12-38(58(37)30-7-5-29(49)6-8-30)26-4-10-34-36(18-26)53-44(51-34)40-20-32(60)22-57(40)46(62)42(55-48(64)66-2)28-14-16-68-24-28/h3-10,17-18,27-28,31-32,37-42,59-60H,11-16,19-24H2,1-2H3,(H,50,52)(H,51,53)(H,54,63)(H,55,64)/t27?,28?,31-,32+,37-,38-,39+,40+,41+,42+/m1/s1. The summed E-state index contributed by atoms with van der Waals surface area (Å²) in [5, 5.41) is 27.2. The maximum absolute atomic E-state index is 14.4. The predicted molar refractivity (Wildman–Crippen MR) is 242 cm³/mol. The van der Waals surface area contributed by atoms with E-state index >= 15 is 0 Å². The molecule has 10 atom stereocenters. The van der Waals surface area contributed by atoms with Crippen LogP contribution in [-0.2, 0) is 28.5 Å². The molecule has 2 unspecified atom stereocenters. The molecule has 5 saturated heterocycles. The number of alkyl carbamates (subject to hydrolysis) is 2. The monoisotopic (exact) mass is 937 g/mol. The van der Waals surface area contributed by atoms with Crippen molar-refractivity contribution < 1.29 is 52.7 Å². The van der Waals surface area contributed by atoms with E-state index in [2.05, 4.69) is 25.5 Å². The molecule has 5 aromatic rings. The van der Waals surface area contributed by atoms with Crippen LogP contribution in [0, 0.1) is 17.7 Å². The lowest BCUT2D eigenvalue weighted by molar-refractivity contribution is -0.136. The molecule has 7 heterocycles. The number of fused-ring (bicyclic) bond motifs is 2. The fraction of sp³-hybridized carbons (Fsp3) is 0.500. The van der Waals surface area contributed by atoms with Gasteiger partial charge in [-0.05, 0) is 85.3 Å². The molecule has 0 saturated carbocycles. The van der Waals surface area contributed by atoms with Gasteiger partial charge in [0, 0.05) is 56.7 Å². The van der Waals surface area contributed by atoms with Crippen LogP contribution in [0.2, 0.25) is 0 Å². The summed E-state index contributed by atoms with van der Waals surface area (Å²) >= 11 is 0. The zero-order valence-electron chi connectivity index (χ0n) is 37.8. The number of carbonyl (C=O) groups is 4. The van der Waals surface area contributed by atoms with Gasteiger partial charge in [0.1, 0.15) is 29.5 Å². The summed E-state index contributed by atoms with van der Waals surface area (Å²) in [7, 11) is 2.49. The number of aromatic amines is 2. The van der Waals surface area contributed by atoms with E-state index in [1.54, 1.807) is 21.9 Å². The summed E-state index contributed by atoms with van der Waals surface area (Å²) in [4.78, 5) is 75.3. The van der Waals surface area contributed by atoms with Crippen LogP contribution in [0.25, 0.3) is 22.1 Å². The number of hydrogen-bond donors (Lipinski definition) is 6. The SMILES string of the molecule is COC(=O)N[C@H](C(=O)N1C[C@H](O)C[C@H]1c1nc2cc([C@H]3CC[C@H](c4ccc5[nH]c([C@@H]6C[C@H](O)CN6C(=O)[C@@H](NC(=O)OC)C6CCOC6)nc5c4)N3c3ccc(F)cc3)ccc2[nH]1)C1CCOC1. The number of nitrogens with one attached hydrogen (secondary N) is 4. The molecule has 0 aliphatic carbocycles. The molecule has 5 fully saturated rings. The van der Waals surface area contributed by atoms with Crippen molar-refractivity contribution >= 4 is 51.8 Å². The number of aromatic nitrogens is 4. The summed E-state index contributed by atoms with van der Waals surface area (Å²) in [6.07, 6.45) is 0.207. The Labute approximate surface area is 390 Å². The van der Waals surface area contributed by atoms with Crippen LogP contribution in [0.4, 0.5) is 19.7 Å². The maximum atomic E-state index is 14.4. The van der Waals surface area contributed by atoms with Crippen molar-refractivity contribution in [2.75, 3.05) is 58.6 Å². The highest BCUT2D eigenvalue weighted by atomic mass is 19.1. The average molecular weight is 938 g/mol. The molecule has 2 aromatic heterocycles. The fourth-order valence-corrected chi connectivity index (χ4v) is 11.0. The Morgan fingerprint density at radius 1 is 0.676 bits per heavy atom. The van der Waals surface area contributed by atoms with Crippen LogP contribution in [-0.4, -0.2) is 142 Å². The van der Waals surface area contributed by atoms with Crippen molar-refractivity contribution in [1.29, 1.82) is 0 Å². The van der Waals surface area contributed by atoms with Crippen molar-refractivity contribution in [3.05, 3.63) is 89.3 Å². The topological polar surface area (TPSA) is 237 Å². The Bertz CT molecular complexity index is 2510. The number of halogens is 1. The maximum Gasteiger partial charge on any atom is 0.407 e. The highest BCUT2D eigenvalue weighted by molar-refractivity contribution is 5.88. The number of aliphatic hydroxyl groups is 2. The molecule has 5 aliphatic rings. The first-order valence-corrected chi connectivity index (χ1v) is 23.3. The average Bonchev–Trinajstić information content (AvgIpc) is 4.21. The molecule has 5 aliphatic heterocycles. The van der Waals surface area contributed by atoms with Crippen LogP contribution in [0.3, 0.4) is 0 Å². The van der Waals surface area contributed by atoms with Gasteiger partial charge in [-0.15, -0.1) is 0 Å². The number of amides is 4. The molecule has 0 radical (unpaired) electrons. The second-order valence-corrected chi connectivity index (χ2v) is 18.6. The van der Waals surface area contributed by atoms with Crippen molar-refractivity contribution in [3.63, 3.8) is 0 Å². The van der Waals surface area contributed by atoms with Crippen LogP contribution in [0.1, 0.15) is 85.5 Å². The molecule has 19 nitrogen and oxygen atoms in total. The third-order valence-corrected chi connectivity index (χ3v) is 14.4. The number of methoxy groups -OCH3 is 2. The van der Waals surface area contributed by atoms with E-state index in [1.807, 2.05) is 36.4 Å². The molecule has 360 valence electrons. The first-order chi connectivity index (χ1) is 33.0. The minimum absolute atomic E-state index is 0.0786.